The van der Waals surface area contributed by atoms with E-state index in [2.05, 4.69) is 16.0 Å². The minimum Gasteiger partial charge on any atom is -0.481 e. The molecular weight excluding hydrogens is 402 g/mol. The van der Waals surface area contributed by atoms with Gasteiger partial charge in [0.15, 0.2) is 0 Å². The minimum atomic E-state index is -1.44. The van der Waals surface area contributed by atoms with Gasteiger partial charge in [0.05, 0.1) is 12.6 Å². The Bertz CT molecular complexity index is 615. The second-order valence-corrected chi connectivity index (χ2v) is 6.70. The van der Waals surface area contributed by atoms with Crippen molar-refractivity contribution >= 4 is 29.7 Å². The van der Waals surface area contributed by atoms with E-state index in [0.717, 1.165) is 0 Å². The quantitative estimate of drug-likeness (QED) is 0.121. The van der Waals surface area contributed by atoms with Crippen molar-refractivity contribution in [3.8, 4) is 0 Å². The molecule has 0 spiro atoms. The lowest BCUT2D eigenvalue weighted by Crippen LogP contribution is -2.57. The van der Waals surface area contributed by atoms with Crippen LogP contribution in [-0.4, -0.2) is 82.3 Å². The van der Waals surface area contributed by atoms with Gasteiger partial charge in [-0.2, -0.15) is 0 Å². The largest absolute Gasteiger partial charge is 0.481 e. The smallest absolute Gasteiger partial charge is 0.325 e. The normalized spacial score (nSPS) is 14.7. The topological polar surface area (TPSA) is 234 Å². The van der Waals surface area contributed by atoms with Crippen LogP contribution >= 0.6 is 0 Å². The molecule has 4 unspecified atom stereocenters. The first-order chi connectivity index (χ1) is 14.0. The van der Waals surface area contributed by atoms with Crippen molar-refractivity contribution in [1.82, 2.24) is 16.0 Å². The molecule has 0 fully saturated rings. The maximum atomic E-state index is 12.4. The minimum absolute atomic E-state index is 0.319. The zero-order valence-electron chi connectivity index (χ0n) is 16.8. The fraction of sp³-hybridized carbons (Fsp3) is 0.706. The van der Waals surface area contributed by atoms with Crippen LogP contribution < -0.4 is 27.4 Å². The molecule has 0 bridgehead atoms. The number of unbranched alkanes of at least 4 members (excludes halogenated alkanes) is 1. The number of aliphatic hydroxyl groups is 1. The number of carbonyl (C=O) groups is 5. The molecule has 0 aliphatic heterocycles. The van der Waals surface area contributed by atoms with Gasteiger partial charge in [0.1, 0.15) is 18.1 Å². The van der Waals surface area contributed by atoms with E-state index in [0.29, 0.717) is 25.8 Å². The first-order valence-corrected chi connectivity index (χ1v) is 9.45. The maximum Gasteiger partial charge on any atom is 0.325 e. The van der Waals surface area contributed by atoms with Crippen molar-refractivity contribution < 1.29 is 39.3 Å². The molecule has 0 aliphatic carbocycles. The molecule has 0 aromatic heterocycles. The third-order valence-corrected chi connectivity index (χ3v) is 4.13. The molecule has 10 N–H and O–H groups in total. The third kappa shape index (κ3) is 10.7. The maximum absolute atomic E-state index is 12.4. The van der Waals surface area contributed by atoms with Crippen LogP contribution in [0.3, 0.4) is 0 Å². The van der Waals surface area contributed by atoms with E-state index in [9.17, 15) is 29.1 Å². The van der Waals surface area contributed by atoms with Crippen LogP contribution in [0.15, 0.2) is 0 Å². The van der Waals surface area contributed by atoms with Crippen LogP contribution in [0.4, 0.5) is 0 Å². The number of carboxylic acids is 2. The van der Waals surface area contributed by atoms with Gasteiger partial charge in [-0.15, -0.1) is 0 Å². The van der Waals surface area contributed by atoms with E-state index in [4.69, 9.17) is 21.7 Å². The number of nitrogens with two attached hydrogens (primary N) is 2. The number of amides is 3. The summed E-state index contributed by atoms with van der Waals surface area (Å²) in [6, 6.07) is -5.03. The zero-order chi connectivity index (χ0) is 23.3. The van der Waals surface area contributed by atoms with Crippen molar-refractivity contribution in [3.05, 3.63) is 0 Å². The van der Waals surface area contributed by atoms with Gasteiger partial charge in [0, 0.05) is 6.42 Å². The molecule has 0 saturated heterocycles. The van der Waals surface area contributed by atoms with E-state index < -0.39 is 66.9 Å². The Morgan fingerprint density at radius 1 is 0.867 bits per heavy atom. The SMILES string of the molecule is CC(NC(=O)C(CCC(=O)O)NC(=O)C(CO)NC(=O)C(N)CCCCN)C(=O)O. The highest BCUT2D eigenvalue weighted by molar-refractivity contribution is 5.94. The van der Waals surface area contributed by atoms with Gasteiger partial charge in [0.25, 0.3) is 0 Å². The highest BCUT2D eigenvalue weighted by Gasteiger charge is 2.29. The highest BCUT2D eigenvalue weighted by atomic mass is 16.4. The predicted octanol–water partition coefficient (Wildman–Crippen LogP) is -3.14. The van der Waals surface area contributed by atoms with Gasteiger partial charge in [0.2, 0.25) is 17.7 Å². The van der Waals surface area contributed by atoms with Gasteiger partial charge in [-0.3, -0.25) is 24.0 Å². The molecule has 30 heavy (non-hydrogen) atoms. The number of aliphatic carboxylic acids is 2. The average molecular weight is 433 g/mol. The molecule has 0 saturated carbocycles. The number of rotatable bonds is 15. The molecule has 0 radical (unpaired) electrons. The Balaban J connectivity index is 5.05. The van der Waals surface area contributed by atoms with Crippen LogP contribution in [0, 0.1) is 0 Å². The van der Waals surface area contributed by atoms with Crippen LogP contribution in [0.5, 0.6) is 0 Å². The molecule has 4 atom stereocenters. The lowest BCUT2D eigenvalue weighted by molar-refractivity contribution is -0.142. The summed E-state index contributed by atoms with van der Waals surface area (Å²) in [6.07, 6.45) is 0.770. The van der Waals surface area contributed by atoms with E-state index in [-0.39, 0.29) is 6.42 Å². The molecule has 13 heteroatoms. The summed E-state index contributed by atoms with van der Waals surface area (Å²) in [6.45, 7) is 0.835. The Kier molecular flexibility index (Phi) is 12.9. The average Bonchev–Trinajstić information content (AvgIpc) is 2.68. The standard InChI is InChI=1S/C17H31N5O8/c1-9(17(29)30)20-15(27)11(5-6-13(24)25)21-16(28)12(8-23)22-14(26)10(19)4-2-3-7-18/h9-12,23H,2-8,18-19H2,1H3,(H,20,27)(H,21,28)(H,22,26)(H,24,25)(H,29,30). The second kappa shape index (κ2) is 14.3. The van der Waals surface area contributed by atoms with Crippen LogP contribution in [-0.2, 0) is 24.0 Å². The monoisotopic (exact) mass is 433 g/mol. The summed E-state index contributed by atoms with van der Waals surface area (Å²) in [7, 11) is 0. The summed E-state index contributed by atoms with van der Waals surface area (Å²) in [5.74, 6) is -5.11. The molecule has 13 nitrogen and oxygen atoms in total. The van der Waals surface area contributed by atoms with E-state index >= 15 is 0 Å². The summed E-state index contributed by atoms with van der Waals surface area (Å²) >= 11 is 0. The second-order valence-electron chi connectivity index (χ2n) is 6.70. The molecule has 3 amide bonds. The van der Waals surface area contributed by atoms with Crippen molar-refractivity contribution in [1.29, 1.82) is 0 Å². The van der Waals surface area contributed by atoms with Crippen LogP contribution in [0.25, 0.3) is 0 Å². The predicted molar refractivity (Wildman–Crippen MR) is 104 cm³/mol. The number of hydrogen-bond acceptors (Lipinski definition) is 8. The van der Waals surface area contributed by atoms with Crippen LogP contribution in [0.1, 0.15) is 39.0 Å². The molecule has 0 rings (SSSR count). The van der Waals surface area contributed by atoms with Gasteiger partial charge in [-0.05, 0) is 32.7 Å². The number of nitrogens with one attached hydrogen (secondary N) is 3. The molecule has 172 valence electrons. The van der Waals surface area contributed by atoms with Crippen molar-refractivity contribution in [2.75, 3.05) is 13.2 Å². The van der Waals surface area contributed by atoms with Crippen LogP contribution in [0.2, 0.25) is 0 Å². The fourth-order valence-corrected chi connectivity index (χ4v) is 2.30. The molecule has 0 heterocycles. The van der Waals surface area contributed by atoms with Gasteiger partial charge >= 0.3 is 11.9 Å². The first kappa shape index (κ1) is 27.2. The molecule has 0 aromatic carbocycles. The summed E-state index contributed by atoms with van der Waals surface area (Å²) in [5, 5.41) is 33.7. The Morgan fingerprint density at radius 2 is 1.43 bits per heavy atom. The number of aliphatic hydroxyl groups excluding tert-OH is 1. The molecular formula is C17H31N5O8. The number of hydrogen-bond donors (Lipinski definition) is 8. The lowest BCUT2D eigenvalue weighted by atomic mass is 10.1. The first-order valence-electron chi connectivity index (χ1n) is 9.45. The van der Waals surface area contributed by atoms with Crippen molar-refractivity contribution in [3.63, 3.8) is 0 Å². The zero-order valence-corrected chi connectivity index (χ0v) is 16.8. The van der Waals surface area contributed by atoms with E-state index in [1.807, 2.05) is 0 Å². The third-order valence-electron chi connectivity index (χ3n) is 4.13. The summed E-state index contributed by atoms with van der Waals surface area (Å²) in [5.41, 5.74) is 11.1. The van der Waals surface area contributed by atoms with Gasteiger partial charge < -0.3 is 42.7 Å². The Labute approximate surface area is 173 Å². The fourth-order valence-electron chi connectivity index (χ4n) is 2.30. The van der Waals surface area contributed by atoms with Gasteiger partial charge in [-0.1, -0.05) is 6.42 Å². The Morgan fingerprint density at radius 3 is 1.93 bits per heavy atom. The van der Waals surface area contributed by atoms with E-state index in [1.165, 1.54) is 6.92 Å². The summed E-state index contributed by atoms with van der Waals surface area (Å²) < 4.78 is 0. The van der Waals surface area contributed by atoms with Crippen molar-refractivity contribution in [2.24, 2.45) is 11.5 Å². The Hall–Kier alpha value is -2.77. The number of carboxylic acid groups (broad SMARTS) is 2. The highest BCUT2D eigenvalue weighted by Crippen LogP contribution is 2.02. The van der Waals surface area contributed by atoms with Gasteiger partial charge in [-0.25, -0.2) is 0 Å². The lowest BCUT2D eigenvalue weighted by Gasteiger charge is -2.23. The number of carbonyl (C=O) groups excluding carboxylic acids is 3. The van der Waals surface area contributed by atoms with Crippen molar-refractivity contribution in [2.45, 2.75) is 63.2 Å². The summed E-state index contributed by atoms with van der Waals surface area (Å²) in [4.78, 5) is 58.4. The molecule has 0 aromatic rings. The molecule has 0 aliphatic rings. The van der Waals surface area contributed by atoms with E-state index in [1.54, 1.807) is 0 Å².